The van der Waals surface area contributed by atoms with Gasteiger partial charge >= 0.3 is 0 Å². The van der Waals surface area contributed by atoms with Crippen LogP contribution in [-0.4, -0.2) is 13.1 Å². The highest BCUT2D eigenvalue weighted by Crippen LogP contribution is 2.02. The fourth-order valence-electron chi connectivity index (χ4n) is 1.25. The van der Waals surface area contributed by atoms with Crippen molar-refractivity contribution in [2.45, 2.75) is 19.5 Å². The molecular weight excluding hydrogens is 174 g/mol. The number of nitrogens with two attached hydrogens (primary N) is 2. The van der Waals surface area contributed by atoms with Gasteiger partial charge in [0.1, 0.15) is 0 Å². The highest BCUT2D eigenvalue weighted by Gasteiger charge is 1.92. The summed E-state index contributed by atoms with van der Waals surface area (Å²) in [6, 6.07) is 8.36. The van der Waals surface area contributed by atoms with Gasteiger partial charge in [-0.25, -0.2) is 0 Å². The van der Waals surface area contributed by atoms with Crippen molar-refractivity contribution in [1.82, 2.24) is 5.32 Å². The summed E-state index contributed by atoms with van der Waals surface area (Å²) < 4.78 is 0. The van der Waals surface area contributed by atoms with E-state index in [0.29, 0.717) is 6.54 Å². The summed E-state index contributed by atoms with van der Waals surface area (Å²) in [5.41, 5.74) is 13.4. The Balaban J connectivity index is 2.29. The molecule has 0 unspecified atom stereocenters. The molecule has 0 aliphatic heterocycles. The van der Waals surface area contributed by atoms with E-state index in [1.165, 1.54) is 11.1 Å². The Bertz CT molecular complexity index is 243. The predicted octanol–water partition coefficient (Wildman–Crippen LogP) is 0.584. The first kappa shape index (κ1) is 11.2. The Kier molecular flexibility index (Phi) is 5.22. The lowest BCUT2D eigenvalue weighted by molar-refractivity contribution is 0.655. The lowest BCUT2D eigenvalue weighted by Crippen LogP contribution is -2.17. The maximum Gasteiger partial charge on any atom is 0.0205 e. The first-order chi connectivity index (χ1) is 6.86. The topological polar surface area (TPSA) is 64.1 Å². The number of benzene rings is 1. The van der Waals surface area contributed by atoms with Crippen LogP contribution in [0.5, 0.6) is 0 Å². The van der Waals surface area contributed by atoms with Crippen molar-refractivity contribution in [3.8, 4) is 0 Å². The zero-order chi connectivity index (χ0) is 10.2. The maximum absolute atomic E-state index is 5.51. The van der Waals surface area contributed by atoms with Crippen molar-refractivity contribution in [1.29, 1.82) is 0 Å². The quantitative estimate of drug-likeness (QED) is 0.579. The minimum atomic E-state index is 0.612. The molecular formula is C11H19N3. The van der Waals surface area contributed by atoms with E-state index in [4.69, 9.17) is 11.5 Å². The average Bonchev–Trinajstić information content (AvgIpc) is 2.25. The minimum Gasteiger partial charge on any atom is -0.330 e. The Morgan fingerprint density at radius 3 is 2.21 bits per heavy atom. The molecule has 14 heavy (non-hydrogen) atoms. The molecule has 0 radical (unpaired) electrons. The summed E-state index contributed by atoms with van der Waals surface area (Å²) >= 11 is 0. The van der Waals surface area contributed by atoms with E-state index >= 15 is 0 Å². The summed E-state index contributed by atoms with van der Waals surface area (Å²) in [6.07, 6.45) is 1.03. The normalized spacial score (nSPS) is 10.4. The molecule has 1 rings (SSSR count). The molecule has 0 spiro atoms. The van der Waals surface area contributed by atoms with Crippen LogP contribution in [0.25, 0.3) is 0 Å². The molecule has 3 heteroatoms. The molecule has 0 atom stereocenters. The molecule has 78 valence electrons. The summed E-state index contributed by atoms with van der Waals surface area (Å²) in [5, 5.41) is 3.33. The van der Waals surface area contributed by atoms with Crippen molar-refractivity contribution >= 4 is 0 Å². The van der Waals surface area contributed by atoms with E-state index in [2.05, 4.69) is 29.6 Å². The third kappa shape index (κ3) is 3.87. The van der Waals surface area contributed by atoms with Crippen LogP contribution in [0.4, 0.5) is 0 Å². The zero-order valence-electron chi connectivity index (χ0n) is 8.50. The standard InChI is InChI=1S/C11H19N3/c12-6-1-7-14-9-11-4-2-10(8-13)3-5-11/h2-5,14H,1,6-9,12-13H2. The SMILES string of the molecule is NCCCNCc1ccc(CN)cc1. The Morgan fingerprint density at radius 2 is 1.64 bits per heavy atom. The van der Waals surface area contributed by atoms with Gasteiger partial charge in [-0.3, -0.25) is 0 Å². The molecule has 1 aromatic carbocycles. The zero-order valence-corrected chi connectivity index (χ0v) is 8.50. The van der Waals surface area contributed by atoms with Crippen LogP contribution in [-0.2, 0) is 13.1 Å². The molecule has 0 bridgehead atoms. The fraction of sp³-hybridized carbons (Fsp3) is 0.455. The first-order valence-corrected chi connectivity index (χ1v) is 5.05. The Morgan fingerprint density at radius 1 is 1.00 bits per heavy atom. The smallest absolute Gasteiger partial charge is 0.0205 e. The van der Waals surface area contributed by atoms with Gasteiger partial charge in [0, 0.05) is 13.1 Å². The first-order valence-electron chi connectivity index (χ1n) is 5.05. The maximum atomic E-state index is 5.51. The van der Waals surface area contributed by atoms with Crippen LogP contribution in [0.1, 0.15) is 17.5 Å². The van der Waals surface area contributed by atoms with Crippen LogP contribution in [0, 0.1) is 0 Å². The average molecular weight is 193 g/mol. The van der Waals surface area contributed by atoms with Gasteiger partial charge in [-0.2, -0.15) is 0 Å². The van der Waals surface area contributed by atoms with E-state index in [9.17, 15) is 0 Å². The van der Waals surface area contributed by atoms with Crippen LogP contribution in [0.15, 0.2) is 24.3 Å². The second kappa shape index (κ2) is 6.54. The molecule has 0 fully saturated rings. The lowest BCUT2D eigenvalue weighted by atomic mass is 10.1. The van der Waals surface area contributed by atoms with Gasteiger partial charge < -0.3 is 16.8 Å². The molecule has 0 heterocycles. The predicted molar refractivity (Wildman–Crippen MR) is 59.7 cm³/mol. The fourth-order valence-corrected chi connectivity index (χ4v) is 1.25. The van der Waals surface area contributed by atoms with Gasteiger partial charge in [0.2, 0.25) is 0 Å². The molecule has 5 N–H and O–H groups in total. The number of hydrogen-bond acceptors (Lipinski definition) is 3. The Labute approximate surface area is 85.5 Å². The minimum absolute atomic E-state index is 0.612. The van der Waals surface area contributed by atoms with E-state index < -0.39 is 0 Å². The third-order valence-electron chi connectivity index (χ3n) is 2.15. The summed E-state index contributed by atoms with van der Waals surface area (Å²) in [7, 11) is 0. The number of nitrogens with one attached hydrogen (secondary N) is 1. The molecule has 3 nitrogen and oxygen atoms in total. The molecule has 0 saturated heterocycles. The number of rotatable bonds is 6. The number of hydrogen-bond donors (Lipinski definition) is 3. The highest BCUT2D eigenvalue weighted by atomic mass is 14.8. The second-order valence-corrected chi connectivity index (χ2v) is 3.34. The molecule has 0 aromatic heterocycles. The monoisotopic (exact) mass is 193 g/mol. The van der Waals surface area contributed by atoms with Gasteiger partial charge in [-0.15, -0.1) is 0 Å². The lowest BCUT2D eigenvalue weighted by Gasteiger charge is -2.04. The molecule has 0 aliphatic carbocycles. The molecule has 1 aromatic rings. The van der Waals surface area contributed by atoms with Crippen LogP contribution in [0.3, 0.4) is 0 Å². The van der Waals surface area contributed by atoms with Gasteiger partial charge in [0.05, 0.1) is 0 Å². The van der Waals surface area contributed by atoms with Crippen molar-refractivity contribution in [3.05, 3.63) is 35.4 Å². The van der Waals surface area contributed by atoms with Gasteiger partial charge in [0.15, 0.2) is 0 Å². The molecule has 0 amide bonds. The van der Waals surface area contributed by atoms with Gasteiger partial charge in [0.25, 0.3) is 0 Å². The van der Waals surface area contributed by atoms with Crippen LogP contribution >= 0.6 is 0 Å². The van der Waals surface area contributed by atoms with Gasteiger partial charge in [-0.1, -0.05) is 24.3 Å². The van der Waals surface area contributed by atoms with Crippen LogP contribution < -0.4 is 16.8 Å². The van der Waals surface area contributed by atoms with E-state index in [-0.39, 0.29) is 0 Å². The highest BCUT2D eigenvalue weighted by molar-refractivity contribution is 5.22. The van der Waals surface area contributed by atoms with E-state index in [1.807, 2.05) is 0 Å². The van der Waals surface area contributed by atoms with Crippen molar-refractivity contribution in [2.75, 3.05) is 13.1 Å². The van der Waals surface area contributed by atoms with E-state index in [1.54, 1.807) is 0 Å². The van der Waals surface area contributed by atoms with Crippen molar-refractivity contribution in [3.63, 3.8) is 0 Å². The van der Waals surface area contributed by atoms with E-state index in [0.717, 1.165) is 26.1 Å². The van der Waals surface area contributed by atoms with Crippen LogP contribution in [0.2, 0.25) is 0 Å². The van der Waals surface area contributed by atoms with Gasteiger partial charge in [-0.05, 0) is 30.6 Å². The van der Waals surface area contributed by atoms with Crippen molar-refractivity contribution in [2.24, 2.45) is 11.5 Å². The molecule has 0 saturated carbocycles. The summed E-state index contributed by atoms with van der Waals surface area (Å²) in [6.45, 7) is 3.25. The summed E-state index contributed by atoms with van der Waals surface area (Å²) in [5.74, 6) is 0. The molecule has 0 aliphatic rings. The largest absolute Gasteiger partial charge is 0.330 e. The second-order valence-electron chi connectivity index (χ2n) is 3.34. The summed E-state index contributed by atoms with van der Waals surface area (Å²) in [4.78, 5) is 0. The van der Waals surface area contributed by atoms with Crippen molar-refractivity contribution < 1.29 is 0 Å². The Hall–Kier alpha value is -0.900. The third-order valence-corrected chi connectivity index (χ3v) is 2.15.